The maximum absolute atomic E-state index is 12.1. The van der Waals surface area contributed by atoms with Gasteiger partial charge in [0.1, 0.15) is 0 Å². The summed E-state index contributed by atoms with van der Waals surface area (Å²) in [7, 11) is 4.54. The lowest BCUT2D eigenvalue weighted by Crippen LogP contribution is -2.38. The van der Waals surface area contributed by atoms with Crippen molar-refractivity contribution in [1.29, 1.82) is 0 Å². The minimum atomic E-state index is -0.457. The van der Waals surface area contributed by atoms with E-state index < -0.39 is 5.56 Å². The molecule has 104 valence electrons. The smallest absolute Gasteiger partial charge is 0.310 e. The van der Waals surface area contributed by atoms with Gasteiger partial charge in [-0.1, -0.05) is 0 Å². The monoisotopic (exact) mass is 276 g/mol. The van der Waals surface area contributed by atoms with Crippen molar-refractivity contribution >= 4 is 11.4 Å². The molecule has 0 atom stereocenters. The van der Waals surface area contributed by atoms with Gasteiger partial charge in [0, 0.05) is 33.4 Å². The first-order valence-corrected chi connectivity index (χ1v) is 5.86. The summed E-state index contributed by atoms with van der Waals surface area (Å²) < 4.78 is 9.12. The van der Waals surface area contributed by atoms with Crippen LogP contribution in [0.2, 0.25) is 0 Å². The Kier molecular flexibility index (Phi) is 2.37. The highest BCUT2D eigenvalue weighted by atomic mass is 16.5. The number of nitrogens with zero attached hydrogens (tertiary/aromatic N) is 3. The van der Waals surface area contributed by atoms with Crippen LogP contribution >= 0.6 is 0 Å². The Morgan fingerprint density at radius 2 is 1.70 bits per heavy atom. The molecule has 0 bridgehead atoms. The van der Waals surface area contributed by atoms with Crippen LogP contribution in [0.1, 0.15) is 0 Å². The zero-order chi connectivity index (χ0) is 14.6. The third kappa shape index (κ3) is 1.51. The first-order chi connectivity index (χ1) is 9.40. The lowest BCUT2D eigenvalue weighted by Gasteiger charge is -2.22. The highest BCUT2D eigenvalue weighted by Gasteiger charge is 2.25. The fourth-order valence-electron chi connectivity index (χ4n) is 2.03. The van der Waals surface area contributed by atoms with Crippen molar-refractivity contribution in [3.05, 3.63) is 43.3 Å². The second-order valence-corrected chi connectivity index (χ2v) is 4.59. The number of hydrogen-bond donors (Lipinski definition) is 1. The highest BCUT2D eigenvalue weighted by molar-refractivity contribution is 5.73. The average molecular weight is 276 g/mol. The molecule has 1 aliphatic rings. The van der Waals surface area contributed by atoms with Gasteiger partial charge in [0.2, 0.25) is 5.75 Å². The number of ether oxygens (including phenoxy) is 1. The van der Waals surface area contributed by atoms with Gasteiger partial charge in [-0.3, -0.25) is 14.4 Å². The molecule has 0 fully saturated rings. The van der Waals surface area contributed by atoms with E-state index in [4.69, 9.17) is 4.74 Å². The van der Waals surface area contributed by atoms with Crippen LogP contribution in [-0.4, -0.2) is 13.9 Å². The number of rotatable bonds is 0. The highest BCUT2D eigenvalue weighted by Crippen LogP contribution is 2.36. The van der Waals surface area contributed by atoms with Crippen LogP contribution < -0.4 is 26.7 Å². The minimum Gasteiger partial charge on any atom is -0.447 e. The van der Waals surface area contributed by atoms with E-state index >= 15 is 0 Å². The summed E-state index contributed by atoms with van der Waals surface area (Å²) >= 11 is 0. The molecule has 0 saturated heterocycles. The number of aromatic nitrogens is 3. The molecule has 1 N–H and O–H groups in total. The summed E-state index contributed by atoms with van der Waals surface area (Å²) in [6, 6.07) is 1.27. The number of hydrogen-bond acceptors (Lipinski definition) is 5. The molecule has 3 heterocycles. The van der Waals surface area contributed by atoms with Gasteiger partial charge in [-0.2, -0.15) is 0 Å². The first-order valence-electron chi connectivity index (χ1n) is 5.86. The molecule has 0 amide bonds. The lowest BCUT2D eigenvalue weighted by molar-refractivity contribution is 0.438. The molecule has 8 heteroatoms. The van der Waals surface area contributed by atoms with E-state index in [1.807, 2.05) is 0 Å². The molecule has 0 radical (unpaired) electrons. The number of nitrogens with one attached hydrogen (secondary N) is 1. The average Bonchev–Trinajstić information content (AvgIpc) is 2.43. The summed E-state index contributed by atoms with van der Waals surface area (Å²) in [6.45, 7) is 0. The fraction of sp³-hybridized carbons (Fsp3) is 0.250. The maximum atomic E-state index is 12.1. The van der Waals surface area contributed by atoms with E-state index in [1.165, 1.54) is 35.6 Å². The summed E-state index contributed by atoms with van der Waals surface area (Å²) in [6.07, 6.45) is 1.51. The molecular formula is C12H12N4O4. The summed E-state index contributed by atoms with van der Waals surface area (Å²) in [5.74, 6) is 0.127. The normalized spacial score (nSPS) is 12.2. The van der Waals surface area contributed by atoms with E-state index in [-0.39, 0.29) is 28.3 Å². The quantitative estimate of drug-likeness (QED) is 0.605. The Bertz CT molecular complexity index is 903. The Labute approximate surface area is 112 Å². The summed E-state index contributed by atoms with van der Waals surface area (Å²) in [5, 5.41) is 2.85. The van der Waals surface area contributed by atoms with Gasteiger partial charge in [0.05, 0.1) is 5.69 Å². The number of fused-ring (bicyclic) bond motifs is 2. The lowest BCUT2D eigenvalue weighted by atomic mass is 10.3. The minimum absolute atomic E-state index is 0.0711. The Morgan fingerprint density at radius 1 is 1.05 bits per heavy atom. The van der Waals surface area contributed by atoms with Gasteiger partial charge in [0.25, 0.3) is 11.1 Å². The van der Waals surface area contributed by atoms with E-state index in [9.17, 15) is 14.4 Å². The standard InChI is InChI=1S/C12H12N4O4/c1-14-5-6-7(4-8(14)17)20-10-9(13-6)11(18)15(2)16(3)12(10)19/h4-5,13H,1-3H3. The Balaban J connectivity index is 2.31. The van der Waals surface area contributed by atoms with Crippen LogP contribution in [0.25, 0.3) is 0 Å². The van der Waals surface area contributed by atoms with Gasteiger partial charge in [0.15, 0.2) is 11.4 Å². The SMILES string of the molecule is Cn1cc2c(cc1=O)Oc1c(c(=O)n(C)n(C)c1=O)N2. The van der Waals surface area contributed by atoms with Gasteiger partial charge in [-0.15, -0.1) is 0 Å². The molecule has 1 aliphatic heterocycles. The third-order valence-electron chi connectivity index (χ3n) is 3.34. The van der Waals surface area contributed by atoms with Crippen LogP contribution in [0.15, 0.2) is 26.6 Å². The molecule has 2 aromatic rings. The molecule has 2 aromatic heterocycles. The van der Waals surface area contributed by atoms with E-state index in [0.29, 0.717) is 5.69 Å². The molecule has 3 rings (SSSR count). The largest absolute Gasteiger partial charge is 0.447 e. The van der Waals surface area contributed by atoms with Gasteiger partial charge in [-0.05, 0) is 0 Å². The molecule has 0 aliphatic carbocycles. The molecular weight excluding hydrogens is 264 g/mol. The number of pyridine rings is 1. The molecule has 20 heavy (non-hydrogen) atoms. The zero-order valence-electron chi connectivity index (χ0n) is 11.1. The van der Waals surface area contributed by atoms with Crippen molar-refractivity contribution in [2.75, 3.05) is 5.32 Å². The van der Waals surface area contributed by atoms with E-state index in [0.717, 1.165) is 4.68 Å². The van der Waals surface area contributed by atoms with Gasteiger partial charge < -0.3 is 14.6 Å². The summed E-state index contributed by atoms with van der Waals surface area (Å²) in [5.41, 5.74) is -0.580. The predicted octanol–water partition coefficient (Wildman–Crippen LogP) is -0.368. The van der Waals surface area contributed by atoms with Crippen molar-refractivity contribution in [1.82, 2.24) is 13.9 Å². The van der Waals surface area contributed by atoms with Crippen molar-refractivity contribution in [3.8, 4) is 11.5 Å². The molecule has 0 saturated carbocycles. The van der Waals surface area contributed by atoms with Crippen molar-refractivity contribution < 1.29 is 4.74 Å². The first kappa shape index (κ1) is 12.3. The molecule has 0 unspecified atom stereocenters. The van der Waals surface area contributed by atoms with Crippen LogP contribution in [0.5, 0.6) is 11.5 Å². The predicted molar refractivity (Wildman–Crippen MR) is 72.0 cm³/mol. The second kappa shape index (κ2) is 3.86. The molecule has 8 nitrogen and oxygen atoms in total. The Hall–Kier alpha value is -2.77. The van der Waals surface area contributed by atoms with Crippen molar-refractivity contribution in [2.45, 2.75) is 0 Å². The van der Waals surface area contributed by atoms with Crippen LogP contribution in [0.4, 0.5) is 11.4 Å². The van der Waals surface area contributed by atoms with Crippen molar-refractivity contribution in [2.24, 2.45) is 21.1 Å². The maximum Gasteiger partial charge on any atom is 0.310 e. The van der Waals surface area contributed by atoms with E-state index in [1.54, 1.807) is 7.05 Å². The van der Waals surface area contributed by atoms with Crippen LogP contribution in [-0.2, 0) is 21.1 Å². The Morgan fingerprint density at radius 3 is 2.40 bits per heavy atom. The topological polar surface area (TPSA) is 87.3 Å². The second-order valence-electron chi connectivity index (χ2n) is 4.59. The fourth-order valence-corrected chi connectivity index (χ4v) is 2.03. The molecule has 0 spiro atoms. The number of aryl methyl sites for hydroxylation is 1. The van der Waals surface area contributed by atoms with Crippen LogP contribution in [0, 0.1) is 0 Å². The molecule has 0 aromatic carbocycles. The van der Waals surface area contributed by atoms with Gasteiger partial charge in [-0.25, -0.2) is 9.36 Å². The summed E-state index contributed by atoms with van der Waals surface area (Å²) in [4.78, 5) is 35.8. The van der Waals surface area contributed by atoms with Crippen LogP contribution in [0.3, 0.4) is 0 Å². The van der Waals surface area contributed by atoms with Crippen molar-refractivity contribution in [3.63, 3.8) is 0 Å². The number of anilines is 2. The zero-order valence-corrected chi connectivity index (χ0v) is 11.1. The van der Waals surface area contributed by atoms with Gasteiger partial charge >= 0.3 is 5.56 Å². The third-order valence-corrected chi connectivity index (χ3v) is 3.34. The van der Waals surface area contributed by atoms with E-state index in [2.05, 4.69) is 5.32 Å².